The Hall–Kier alpha value is -3.65. The molecule has 1 aromatic carbocycles. The maximum atomic E-state index is 12.5. The predicted molar refractivity (Wildman–Crippen MR) is 136 cm³/mol. The number of methoxy groups -OCH3 is 1. The Labute approximate surface area is 203 Å². The van der Waals surface area contributed by atoms with Crippen molar-refractivity contribution in [2.75, 3.05) is 19.0 Å². The van der Waals surface area contributed by atoms with Crippen molar-refractivity contribution < 1.29 is 14.3 Å². The molecule has 3 aromatic heterocycles. The van der Waals surface area contributed by atoms with Crippen LogP contribution in [0.15, 0.2) is 60.2 Å². The second kappa shape index (κ2) is 10.5. The summed E-state index contributed by atoms with van der Waals surface area (Å²) in [6.45, 7) is 7.67. The number of hydrogen-bond acceptors (Lipinski definition) is 7. The normalized spacial score (nSPS) is 11.0. The molecule has 0 atom stereocenters. The monoisotopic (exact) mass is 476 g/mol. The van der Waals surface area contributed by atoms with Gasteiger partial charge in [0.25, 0.3) is 0 Å². The molecule has 0 amide bonds. The number of esters is 1. The topological polar surface area (TPSA) is 78.3 Å². The molecule has 1 N–H and O–H groups in total. The van der Waals surface area contributed by atoms with Gasteiger partial charge in [-0.15, -0.1) is 11.3 Å². The highest BCUT2D eigenvalue weighted by molar-refractivity contribution is 7.13. The van der Waals surface area contributed by atoms with Crippen molar-refractivity contribution in [3.05, 3.63) is 65.8 Å². The molecule has 0 fully saturated rings. The summed E-state index contributed by atoms with van der Waals surface area (Å²) in [5, 5.41) is 5.22. The van der Waals surface area contributed by atoms with Crippen LogP contribution in [0, 0.1) is 5.92 Å². The van der Waals surface area contributed by atoms with Crippen molar-refractivity contribution in [2.24, 2.45) is 5.92 Å². The van der Waals surface area contributed by atoms with E-state index >= 15 is 0 Å². The number of benzene rings is 1. The average molecular weight is 477 g/mol. The number of rotatable bonds is 9. The Balaban J connectivity index is 1.71. The third-order valence-corrected chi connectivity index (χ3v) is 6.01. The van der Waals surface area contributed by atoms with Crippen LogP contribution in [0.1, 0.15) is 31.1 Å². The smallest absolute Gasteiger partial charge is 0.341 e. The van der Waals surface area contributed by atoms with Crippen LogP contribution in [0.5, 0.6) is 5.75 Å². The first-order valence-corrected chi connectivity index (χ1v) is 12.1. The second-order valence-corrected chi connectivity index (χ2v) is 9.12. The summed E-state index contributed by atoms with van der Waals surface area (Å²) in [6.07, 6.45) is 3.69. The number of aromatic nitrogens is 3. The summed E-state index contributed by atoms with van der Waals surface area (Å²) in [5.41, 5.74) is 2.17. The molecule has 3 heterocycles. The van der Waals surface area contributed by atoms with E-state index in [1.165, 1.54) is 7.11 Å². The molecule has 0 aliphatic heterocycles. The molecule has 8 heteroatoms. The van der Waals surface area contributed by atoms with Crippen molar-refractivity contribution in [1.29, 1.82) is 0 Å². The van der Waals surface area contributed by atoms with Gasteiger partial charge >= 0.3 is 5.97 Å². The van der Waals surface area contributed by atoms with E-state index in [1.54, 1.807) is 23.6 Å². The second-order valence-electron chi connectivity index (χ2n) is 8.17. The Morgan fingerprint density at radius 3 is 2.74 bits per heavy atom. The van der Waals surface area contributed by atoms with Gasteiger partial charge in [0, 0.05) is 34.9 Å². The Bertz CT molecular complexity index is 1270. The van der Waals surface area contributed by atoms with Gasteiger partial charge in [-0.1, -0.05) is 32.0 Å². The molecule has 7 nitrogen and oxygen atoms in total. The van der Waals surface area contributed by atoms with Crippen molar-refractivity contribution in [1.82, 2.24) is 14.5 Å². The predicted octanol–water partition coefficient (Wildman–Crippen LogP) is 6.26. The van der Waals surface area contributed by atoms with Crippen LogP contribution in [-0.2, 0) is 11.3 Å². The quantitative estimate of drug-likeness (QED) is 0.287. The zero-order valence-electron chi connectivity index (χ0n) is 19.7. The number of ether oxygens (including phenoxy) is 2. The molecule has 4 rings (SSSR count). The molecule has 0 saturated heterocycles. The summed E-state index contributed by atoms with van der Waals surface area (Å²) >= 11 is 1.59. The SMILES string of the molecule is CCOc1cccc(-c2nc(Nc3ncc(-c4cccs4)cc3C(=O)OC)cn2CC(C)C)c1. The van der Waals surface area contributed by atoms with Gasteiger partial charge in [-0.2, -0.15) is 0 Å². The fraction of sp³-hybridized carbons (Fsp3) is 0.269. The summed E-state index contributed by atoms with van der Waals surface area (Å²) in [7, 11) is 1.37. The standard InChI is InChI=1S/C26H28N4O3S/c1-5-33-20-9-6-8-18(12-20)25-29-23(16-30(25)15-17(2)3)28-24-21(26(31)32-4)13-19(14-27-24)22-10-7-11-34-22/h6-14,16-17H,5,15H2,1-4H3,(H,27,28). The molecule has 0 radical (unpaired) electrons. The van der Waals surface area contributed by atoms with Crippen molar-refractivity contribution in [2.45, 2.75) is 27.3 Å². The number of pyridine rings is 1. The lowest BCUT2D eigenvalue weighted by Crippen LogP contribution is -2.08. The highest BCUT2D eigenvalue weighted by atomic mass is 32.1. The maximum Gasteiger partial charge on any atom is 0.341 e. The summed E-state index contributed by atoms with van der Waals surface area (Å²) in [6, 6.07) is 13.6. The molecule has 0 saturated carbocycles. The van der Waals surface area contributed by atoms with E-state index in [2.05, 4.69) is 28.7 Å². The first kappa shape index (κ1) is 23.5. The molecule has 0 spiro atoms. The minimum Gasteiger partial charge on any atom is -0.494 e. The summed E-state index contributed by atoms with van der Waals surface area (Å²) in [5.74, 6) is 2.57. The zero-order chi connectivity index (χ0) is 24.1. The maximum absolute atomic E-state index is 12.5. The lowest BCUT2D eigenvalue weighted by Gasteiger charge is -2.11. The van der Waals surface area contributed by atoms with Crippen LogP contribution in [0.4, 0.5) is 11.6 Å². The molecule has 0 aliphatic carbocycles. The Morgan fingerprint density at radius 1 is 1.18 bits per heavy atom. The third kappa shape index (κ3) is 5.28. The van der Waals surface area contributed by atoms with Crippen LogP contribution in [0.3, 0.4) is 0 Å². The molecule has 0 aliphatic rings. The highest BCUT2D eigenvalue weighted by Crippen LogP contribution is 2.30. The van der Waals surface area contributed by atoms with Gasteiger partial charge in [0.2, 0.25) is 0 Å². The van der Waals surface area contributed by atoms with Crippen molar-refractivity contribution in [3.63, 3.8) is 0 Å². The highest BCUT2D eigenvalue weighted by Gasteiger charge is 2.18. The van der Waals surface area contributed by atoms with E-state index < -0.39 is 5.97 Å². The molecular weight excluding hydrogens is 448 g/mol. The fourth-order valence-electron chi connectivity index (χ4n) is 3.66. The molecule has 0 unspecified atom stereocenters. The Kier molecular flexibility index (Phi) is 7.27. The van der Waals surface area contributed by atoms with E-state index in [9.17, 15) is 4.79 Å². The van der Waals surface area contributed by atoms with Crippen molar-refractivity contribution in [3.8, 4) is 27.6 Å². The van der Waals surface area contributed by atoms with Crippen LogP contribution < -0.4 is 10.1 Å². The van der Waals surface area contributed by atoms with Gasteiger partial charge in [0.1, 0.15) is 28.8 Å². The minimum absolute atomic E-state index is 0.353. The number of anilines is 2. The van der Waals surface area contributed by atoms with Crippen LogP contribution in [-0.4, -0.2) is 34.2 Å². The van der Waals surface area contributed by atoms with Crippen LogP contribution in [0.2, 0.25) is 0 Å². The van der Waals surface area contributed by atoms with Crippen LogP contribution in [0.25, 0.3) is 21.8 Å². The number of carbonyl (C=O) groups excluding carboxylic acids is 1. The van der Waals surface area contributed by atoms with E-state index in [-0.39, 0.29) is 0 Å². The number of carbonyl (C=O) groups is 1. The third-order valence-electron chi connectivity index (χ3n) is 5.09. The van der Waals surface area contributed by atoms with E-state index in [0.29, 0.717) is 29.7 Å². The average Bonchev–Trinajstić information content (AvgIpc) is 3.49. The number of hydrogen-bond donors (Lipinski definition) is 1. The number of nitrogens with zero attached hydrogens (tertiary/aromatic N) is 3. The first-order valence-electron chi connectivity index (χ1n) is 11.2. The molecular formula is C26H28N4O3S. The van der Waals surface area contributed by atoms with Gasteiger partial charge in [-0.3, -0.25) is 0 Å². The molecule has 34 heavy (non-hydrogen) atoms. The molecule has 4 aromatic rings. The van der Waals surface area contributed by atoms with Gasteiger partial charge in [-0.25, -0.2) is 14.8 Å². The van der Waals surface area contributed by atoms with Crippen LogP contribution >= 0.6 is 11.3 Å². The number of imidazole rings is 1. The van der Waals surface area contributed by atoms with E-state index in [4.69, 9.17) is 14.5 Å². The van der Waals surface area contributed by atoms with Gasteiger partial charge < -0.3 is 19.4 Å². The Morgan fingerprint density at radius 2 is 2.03 bits per heavy atom. The zero-order valence-corrected chi connectivity index (χ0v) is 20.6. The minimum atomic E-state index is -0.459. The van der Waals surface area contributed by atoms with Gasteiger partial charge in [0.05, 0.1) is 13.7 Å². The van der Waals surface area contributed by atoms with E-state index in [0.717, 1.165) is 34.1 Å². The number of thiophene rings is 1. The van der Waals surface area contributed by atoms with E-state index in [1.807, 2.05) is 54.9 Å². The first-order chi connectivity index (χ1) is 16.5. The lowest BCUT2D eigenvalue weighted by molar-refractivity contribution is 0.0601. The summed E-state index contributed by atoms with van der Waals surface area (Å²) < 4.78 is 12.8. The number of nitrogens with one attached hydrogen (secondary N) is 1. The molecule has 176 valence electrons. The largest absolute Gasteiger partial charge is 0.494 e. The fourth-order valence-corrected chi connectivity index (χ4v) is 4.37. The van der Waals surface area contributed by atoms with Gasteiger partial charge in [-0.05, 0) is 42.5 Å². The van der Waals surface area contributed by atoms with Gasteiger partial charge in [0.15, 0.2) is 0 Å². The molecule has 0 bridgehead atoms. The lowest BCUT2D eigenvalue weighted by atomic mass is 10.1. The summed E-state index contributed by atoms with van der Waals surface area (Å²) in [4.78, 5) is 22.9. The van der Waals surface area contributed by atoms with Crippen molar-refractivity contribution >= 4 is 28.9 Å².